The quantitative estimate of drug-likeness (QED) is 0.864. The molecule has 0 fully saturated rings. The minimum atomic E-state index is 0.181. The van der Waals surface area contributed by atoms with E-state index in [1.807, 2.05) is 13.8 Å². The molecule has 0 atom stereocenters. The standard InChI is InChI=1S/C11H11BrN4O/c1-7-14-15-8(2)16(7)13-6-9-5-10(12)3-4-11(9)17/h3-6,17H,1-2H3/b13-6-. The second kappa shape index (κ2) is 4.67. The van der Waals surface area contributed by atoms with Gasteiger partial charge in [-0.15, -0.1) is 10.2 Å². The normalized spacial score (nSPS) is 11.2. The second-order valence-corrected chi connectivity index (χ2v) is 4.47. The molecule has 0 saturated heterocycles. The Morgan fingerprint density at radius 3 is 2.59 bits per heavy atom. The molecule has 0 aliphatic rings. The van der Waals surface area contributed by atoms with E-state index in [1.165, 1.54) is 0 Å². The van der Waals surface area contributed by atoms with Gasteiger partial charge in [0.25, 0.3) is 0 Å². The smallest absolute Gasteiger partial charge is 0.151 e. The van der Waals surface area contributed by atoms with E-state index in [2.05, 4.69) is 31.2 Å². The molecule has 2 rings (SSSR count). The van der Waals surface area contributed by atoms with Gasteiger partial charge in [-0.1, -0.05) is 15.9 Å². The van der Waals surface area contributed by atoms with Crippen LogP contribution >= 0.6 is 15.9 Å². The van der Waals surface area contributed by atoms with Crippen LogP contribution in [0.25, 0.3) is 0 Å². The van der Waals surface area contributed by atoms with Crippen LogP contribution in [0.4, 0.5) is 0 Å². The van der Waals surface area contributed by atoms with Crippen LogP contribution in [0.3, 0.4) is 0 Å². The van der Waals surface area contributed by atoms with Gasteiger partial charge in [-0.3, -0.25) is 0 Å². The van der Waals surface area contributed by atoms with Gasteiger partial charge in [0.15, 0.2) is 11.6 Å². The highest BCUT2D eigenvalue weighted by Gasteiger charge is 2.03. The Kier molecular flexibility index (Phi) is 3.23. The zero-order valence-electron chi connectivity index (χ0n) is 9.42. The number of rotatable bonds is 2. The van der Waals surface area contributed by atoms with Crippen LogP contribution in [0.2, 0.25) is 0 Å². The summed E-state index contributed by atoms with van der Waals surface area (Å²) in [5.41, 5.74) is 0.631. The maximum absolute atomic E-state index is 9.65. The van der Waals surface area contributed by atoms with Gasteiger partial charge in [-0.05, 0) is 32.0 Å². The summed E-state index contributed by atoms with van der Waals surface area (Å²) >= 11 is 3.34. The summed E-state index contributed by atoms with van der Waals surface area (Å²) in [5, 5.41) is 21.7. The number of aryl methyl sites for hydroxylation is 2. The van der Waals surface area contributed by atoms with Crippen molar-refractivity contribution in [2.75, 3.05) is 0 Å². The first kappa shape index (κ1) is 11.8. The van der Waals surface area contributed by atoms with Gasteiger partial charge < -0.3 is 5.11 Å². The molecule has 0 aliphatic carbocycles. The topological polar surface area (TPSA) is 63.3 Å². The zero-order chi connectivity index (χ0) is 12.4. The number of hydrogen-bond donors (Lipinski definition) is 1. The van der Waals surface area contributed by atoms with E-state index in [-0.39, 0.29) is 5.75 Å². The number of benzene rings is 1. The number of nitrogens with zero attached hydrogens (tertiary/aromatic N) is 4. The number of aromatic nitrogens is 3. The van der Waals surface area contributed by atoms with Crippen LogP contribution in [-0.2, 0) is 0 Å². The van der Waals surface area contributed by atoms with E-state index in [9.17, 15) is 5.11 Å². The van der Waals surface area contributed by atoms with Crippen LogP contribution in [-0.4, -0.2) is 26.2 Å². The average molecular weight is 295 g/mol. The van der Waals surface area contributed by atoms with Crippen molar-refractivity contribution in [1.29, 1.82) is 0 Å². The zero-order valence-corrected chi connectivity index (χ0v) is 11.0. The summed E-state index contributed by atoms with van der Waals surface area (Å²) in [4.78, 5) is 0. The molecule has 5 nitrogen and oxygen atoms in total. The minimum Gasteiger partial charge on any atom is -0.507 e. The Morgan fingerprint density at radius 1 is 1.29 bits per heavy atom. The van der Waals surface area contributed by atoms with Crippen LogP contribution in [0, 0.1) is 13.8 Å². The summed E-state index contributed by atoms with van der Waals surface area (Å²) in [6, 6.07) is 5.16. The molecule has 1 heterocycles. The molecular formula is C11H11BrN4O. The third-order valence-corrected chi connectivity index (χ3v) is 2.75. The molecule has 0 bridgehead atoms. The molecule has 1 aromatic heterocycles. The maximum Gasteiger partial charge on any atom is 0.151 e. The number of halogens is 1. The van der Waals surface area contributed by atoms with Gasteiger partial charge in [-0.25, -0.2) is 4.68 Å². The van der Waals surface area contributed by atoms with Crippen molar-refractivity contribution in [3.8, 4) is 5.75 Å². The third kappa shape index (κ3) is 2.52. The lowest BCUT2D eigenvalue weighted by Gasteiger charge is -2.00. The summed E-state index contributed by atoms with van der Waals surface area (Å²) in [6.45, 7) is 3.64. The minimum absolute atomic E-state index is 0.181. The molecule has 17 heavy (non-hydrogen) atoms. The van der Waals surface area contributed by atoms with Crippen LogP contribution in [0.15, 0.2) is 27.8 Å². The molecule has 0 unspecified atom stereocenters. The Hall–Kier alpha value is -1.69. The second-order valence-electron chi connectivity index (χ2n) is 3.55. The first-order valence-corrected chi connectivity index (χ1v) is 5.78. The SMILES string of the molecule is Cc1nnc(C)n1/N=C\c1cc(Br)ccc1O. The Labute approximate surface area is 107 Å². The molecule has 6 heteroatoms. The lowest BCUT2D eigenvalue weighted by Crippen LogP contribution is -1.96. The van der Waals surface area contributed by atoms with Gasteiger partial charge in [0.2, 0.25) is 0 Å². The maximum atomic E-state index is 9.65. The molecule has 0 spiro atoms. The molecule has 88 valence electrons. The molecule has 0 radical (unpaired) electrons. The van der Waals surface area contributed by atoms with E-state index in [4.69, 9.17) is 0 Å². The summed E-state index contributed by atoms with van der Waals surface area (Å²) in [7, 11) is 0. The van der Waals surface area contributed by atoms with Gasteiger partial charge in [0.05, 0.1) is 6.21 Å². The predicted molar refractivity (Wildman–Crippen MR) is 68.3 cm³/mol. The Balaban J connectivity index is 2.35. The highest BCUT2D eigenvalue weighted by Crippen LogP contribution is 2.20. The van der Waals surface area contributed by atoms with Crippen LogP contribution in [0.5, 0.6) is 5.75 Å². The monoisotopic (exact) mass is 294 g/mol. The Morgan fingerprint density at radius 2 is 1.94 bits per heavy atom. The highest BCUT2D eigenvalue weighted by molar-refractivity contribution is 9.10. The van der Waals surface area contributed by atoms with Crippen molar-refractivity contribution in [3.05, 3.63) is 39.9 Å². The number of aromatic hydroxyl groups is 1. The number of hydrogen-bond acceptors (Lipinski definition) is 4. The van der Waals surface area contributed by atoms with Gasteiger partial charge in [-0.2, -0.15) is 5.10 Å². The van der Waals surface area contributed by atoms with Crippen molar-refractivity contribution in [3.63, 3.8) is 0 Å². The summed E-state index contributed by atoms with van der Waals surface area (Å²) in [5.74, 6) is 1.59. The first-order valence-electron chi connectivity index (χ1n) is 4.99. The first-order chi connectivity index (χ1) is 8.08. The lowest BCUT2D eigenvalue weighted by atomic mass is 10.2. The molecule has 1 N–H and O–H groups in total. The molecular weight excluding hydrogens is 284 g/mol. The average Bonchev–Trinajstić information content (AvgIpc) is 2.61. The summed E-state index contributed by atoms with van der Waals surface area (Å²) in [6.07, 6.45) is 1.57. The van der Waals surface area contributed by atoms with Crippen molar-refractivity contribution >= 4 is 22.1 Å². The van der Waals surface area contributed by atoms with E-state index in [0.717, 1.165) is 4.47 Å². The van der Waals surface area contributed by atoms with E-state index < -0.39 is 0 Å². The predicted octanol–water partition coefficient (Wildman–Crippen LogP) is 2.25. The van der Waals surface area contributed by atoms with Crippen molar-refractivity contribution in [2.24, 2.45) is 5.10 Å². The molecule has 0 amide bonds. The van der Waals surface area contributed by atoms with Crippen molar-refractivity contribution in [2.45, 2.75) is 13.8 Å². The van der Waals surface area contributed by atoms with Crippen LogP contribution < -0.4 is 0 Å². The molecule has 2 aromatic rings. The fourth-order valence-corrected chi connectivity index (χ4v) is 1.76. The van der Waals surface area contributed by atoms with E-state index >= 15 is 0 Å². The summed E-state index contributed by atoms with van der Waals surface area (Å²) < 4.78 is 2.49. The van der Waals surface area contributed by atoms with E-state index in [0.29, 0.717) is 17.2 Å². The van der Waals surface area contributed by atoms with E-state index in [1.54, 1.807) is 29.1 Å². The van der Waals surface area contributed by atoms with Crippen molar-refractivity contribution in [1.82, 2.24) is 14.9 Å². The highest BCUT2D eigenvalue weighted by atomic mass is 79.9. The third-order valence-electron chi connectivity index (χ3n) is 2.25. The Bertz CT molecular complexity index is 557. The molecule has 1 aromatic carbocycles. The fourth-order valence-electron chi connectivity index (χ4n) is 1.38. The number of phenols is 1. The van der Waals surface area contributed by atoms with Gasteiger partial charge in [0.1, 0.15) is 5.75 Å². The van der Waals surface area contributed by atoms with Crippen LogP contribution in [0.1, 0.15) is 17.2 Å². The van der Waals surface area contributed by atoms with Gasteiger partial charge in [0, 0.05) is 10.0 Å². The largest absolute Gasteiger partial charge is 0.507 e. The lowest BCUT2D eigenvalue weighted by molar-refractivity contribution is 0.474. The van der Waals surface area contributed by atoms with Crippen molar-refractivity contribution < 1.29 is 5.11 Å². The van der Waals surface area contributed by atoms with Gasteiger partial charge >= 0.3 is 0 Å². The fraction of sp³-hybridized carbons (Fsp3) is 0.182. The number of phenolic OH excluding ortho intramolecular Hbond substituents is 1. The molecule has 0 saturated carbocycles. The molecule has 0 aliphatic heterocycles.